The van der Waals surface area contributed by atoms with E-state index in [-0.39, 0.29) is 31.0 Å². The molecule has 3 heterocycles. The molecule has 2 aromatic rings. The first-order chi connectivity index (χ1) is 17.5. The summed E-state index contributed by atoms with van der Waals surface area (Å²) in [5.74, 6) is -0.341. The lowest BCUT2D eigenvalue weighted by molar-refractivity contribution is -0.144. The average Bonchev–Trinajstić information content (AvgIpc) is 3.62. The van der Waals surface area contributed by atoms with Gasteiger partial charge < -0.3 is 24.3 Å². The van der Waals surface area contributed by atoms with Crippen molar-refractivity contribution in [1.82, 2.24) is 14.8 Å². The topological polar surface area (TPSA) is 116 Å². The number of ether oxygens (including phenoxy) is 1. The minimum Gasteiger partial charge on any atom is -0.493 e. The molecule has 0 bridgehead atoms. The van der Waals surface area contributed by atoms with Crippen LogP contribution in [0, 0.1) is 5.92 Å². The highest BCUT2D eigenvalue weighted by Gasteiger charge is 2.47. The number of fused-ring (bicyclic) bond motifs is 1. The number of oxazole rings is 1. The fourth-order valence-electron chi connectivity index (χ4n) is 5.52. The number of nitrogens with zero attached hydrogens (tertiary/aromatic N) is 3. The zero-order valence-electron chi connectivity index (χ0n) is 21.0. The molecular weight excluding hydrogens is 462 g/mol. The van der Waals surface area contributed by atoms with E-state index in [9.17, 15) is 19.8 Å². The summed E-state index contributed by atoms with van der Waals surface area (Å²) in [7, 11) is 0. The Balaban J connectivity index is 1.58. The summed E-state index contributed by atoms with van der Waals surface area (Å²) < 4.78 is 11.0. The van der Waals surface area contributed by atoms with Gasteiger partial charge in [-0.3, -0.25) is 14.5 Å². The van der Waals surface area contributed by atoms with Crippen molar-refractivity contribution in [3.05, 3.63) is 47.7 Å². The Morgan fingerprint density at radius 1 is 1.25 bits per heavy atom. The van der Waals surface area contributed by atoms with Crippen molar-refractivity contribution in [1.29, 1.82) is 0 Å². The molecule has 2 N–H and O–H groups in total. The summed E-state index contributed by atoms with van der Waals surface area (Å²) >= 11 is 0. The molecule has 4 rings (SSSR count). The first kappa shape index (κ1) is 26.2. The molecule has 3 unspecified atom stereocenters. The van der Waals surface area contributed by atoms with Crippen LogP contribution in [0.5, 0.6) is 5.75 Å². The van der Waals surface area contributed by atoms with Gasteiger partial charge >= 0.3 is 5.97 Å². The van der Waals surface area contributed by atoms with Crippen molar-refractivity contribution in [3.63, 3.8) is 0 Å². The van der Waals surface area contributed by atoms with Crippen LogP contribution in [-0.2, 0) is 22.4 Å². The molecule has 1 fully saturated rings. The molecule has 0 radical (unpaired) electrons. The number of benzene rings is 1. The molecule has 0 aliphatic carbocycles. The van der Waals surface area contributed by atoms with Crippen LogP contribution in [0.2, 0.25) is 0 Å². The Hall–Kier alpha value is -2.91. The average molecular weight is 500 g/mol. The van der Waals surface area contributed by atoms with Crippen molar-refractivity contribution < 1.29 is 29.0 Å². The van der Waals surface area contributed by atoms with Crippen LogP contribution < -0.4 is 4.74 Å². The Bertz CT molecular complexity index is 1000. The molecule has 1 aromatic carbocycles. The van der Waals surface area contributed by atoms with Crippen LogP contribution in [0.1, 0.15) is 55.5 Å². The smallest absolute Gasteiger partial charge is 0.308 e. The Morgan fingerprint density at radius 3 is 2.81 bits per heavy atom. The van der Waals surface area contributed by atoms with E-state index in [0.717, 1.165) is 36.1 Å². The zero-order valence-corrected chi connectivity index (χ0v) is 21.0. The van der Waals surface area contributed by atoms with Crippen LogP contribution >= 0.6 is 0 Å². The SMILES string of the molecule is CCCCN(CCCO)C(=O)CN1CC(c2ccc3c(c2)CCO3)C(C(=O)O)C1CCc1ncco1. The number of likely N-dealkylation sites (tertiary alicyclic amines) is 1. The predicted octanol–water partition coefficient (Wildman–Crippen LogP) is 2.72. The van der Waals surface area contributed by atoms with Crippen LogP contribution in [-0.4, -0.2) is 82.3 Å². The second-order valence-electron chi connectivity index (χ2n) is 9.71. The van der Waals surface area contributed by atoms with Crippen molar-refractivity contribution in [3.8, 4) is 5.75 Å². The summed E-state index contributed by atoms with van der Waals surface area (Å²) in [5.41, 5.74) is 2.09. The van der Waals surface area contributed by atoms with Crippen molar-refractivity contribution in [2.24, 2.45) is 5.92 Å². The Morgan fingerprint density at radius 2 is 2.08 bits per heavy atom. The third-order valence-electron chi connectivity index (χ3n) is 7.37. The molecule has 196 valence electrons. The van der Waals surface area contributed by atoms with Gasteiger partial charge in [-0.1, -0.05) is 25.5 Å². The monoisotopic (exact) mass is 499 g/mol. The van der Waals surface area contributed by atoms with Crippen LogP contribution in [0.15, 0.2) is 35.1 Å². The summed E-state index contributed by atoms with van der Waals surface area (Å²) in [4.78, 5) is 34.0. The number of aliphatic carboxylic acids is 1. The minimum atomic E-state index is -0.854. The van der Waals surface area contributed by atoms with Gasteiger partial charge in [0.15, 0.2) is 5.89 Å². The van der Waals surface area contributed by atoms with E-state index >= 15 is 0 Å². The number of carboxylic acids is 1. The van der Waals surface area contributed by atoms with Gasteiger partial charge in [-0.05, 0) is 36.5 Å². The van der Waals surface area contributed by atoms with Gasteiger partial charge in [0.1, 0.15) is 12.0 Å². The van der Waals surface area contributed by atoms with Crippen LogP contribution in [0.3, 0.4) is 0 Å². The minimum absolute atomic E-state index is 0.0230. The molecule has 1 saturated heterocycles. The number of aliphatic hydroxyl groups excluding tert-OH is 1. The molecule has 1 amide bonds. The van der Waals surface area contributed by atoms with Gasteiger partial charge in [0.25, 0.3) is 0 Å². The molecule has 2 aliphatic heterocycles. The van der Waals surface area contributed by atoms with Crippen LogP contribution in [0.4, 0.5) is 0 Å². The fraction of sp³-hybridized carbons (Fsp3) is 0.593. The second-order valence-corrected chi connectivity index (χ2v) is 9.71. The normalized spacial score (nSPS) is 21.3. The number of rotatable bonds is 13. The van der Waals surface area contributed by atoms with Gasteiger partial charge in [0, 0.05) is 51.0 Å². The van der Waals surface area contributed by atoms with Crippen molar-refractivity contribution in [2.45, 2.75) is 57.4 Å². The number of aromatic nitrogens is 1. The zero-order chi connectivity index (χ0) is 25.5. The highest BCUT2D eigenvalue weighted by atomic mass is 16.5. The number of hydrogen-bond donors (Lipinski definition) is 2. The van der Waals surface area contributed by atoms with Crippen LogP contribution in [0.25, 0.3) is 0 Å². The van der Waals surface area contributed by atoms with Gasteiger partial charge in [0.2, 0.25) is 5.91 Å². The van der Waals surface area contributed by atoms with E-state index in [1.165, 1.54) is 6.26 Å². The molecule has 1 aromatic heterocycles. The molecule has 3 atom stereocenters. The Kier molecular flexibility index (Phi) is 8.98. The Labute approximate surface area is 212 Å². The number of unbranched alkanes of at least 4 members (excludes halogenated alkanes) is 1. The first-order valence-corrected chi connectivity index (χ1v) is 13.0. The number of carboxylic acid groups (broad SMARTS) is 1. The highest BCUT2D eigenvalue weighted by Crippen LogP contribution is 2.41. The van der Waals surface area contributed by atoms with E-state index in [2.05, 4.69) is 18.0 Å². The van der Waals surface area contributed by atoms with Gasteiger partial charge in [-0.15, -0.1) is 0 Å². The third-order valence-corrected chi connectivity index (χ3v) is 7.37. The molecule has 0 spiro atoms. The standard InChI is InChI=1S/C27H37N3O6/c1-2-3-11-29(12-4-13-31)25(32)18-30-17-21(19-5-7-23-20(16-19)9-14-35-23)26(27(33)34)22(30)6-8-24-28-10-15-36-24/h5,7,10,15-16,21-22,26,31H,2-4,6,8-9,11-14,17-18H2,1H3,(H,33,34). The maximum atomic E-state index is 13.4. The maximum Gasteiger partial charge on any atom is 0.308 e. The van der Waals surface area contributed by atoms with Gasteiger partial charge in [-0.25, -0.2) is 4.98 Å². The summed E-state index contributed by atoms with van der Waals surface area (Å²) in [6.45, 7) is 4.54. The lowest BCUT2D eigenvalue weighted by Crippen LogP contribution is -2.45. The first-order valence-electron chi connectivity index (χ1n) is 13.0. The fourth-order valence-corrected chi connectivity index (χ4v) is 5.52. The molecule has 2 aliphatic rings. The van der Waals surface area contributed by atoms with Crippen molar-refractivity contribution >= 4 is 11.9 Å². The lowest BCUT2D eigenvalue weighted by Gasteiger charge is -2.29. The molecule has 9 nitrogen and oxygen atoms in total. The van der Waals surface area contributed by atoms with Crippen molar-refractivity contribution in [2.75, 3.05) is 39.4 Å². The van der Waals surface area contributed by atoms with E-state index in [4.69, 9.17) is 9.15 Å². The van der Waals surface area contributed by atoms with E-state index in [1.807, 2.05) is 17.0 Å². The quantitative estimate of drug-likeness (QED) is 0.432. The number of amides is 1. The summed E-state index contributed by atoms with van der Waals surface area (Å²) in [6.07, 6.45) is 7.34. The molecule has 36 heavy (non-hydrogen) atoms. The number of carbonyl (C=O) groups excluding carboxylic acids is 1. The number of aryl methyl sites for hydroxylation is 1. The molecule has 0 saturated carbocycles. The van der Waals surface area contributed by atoms with E-state index in [1.54, 1.807) is 11.1 Å². The van der Waals surface area contributed by atoms with Gasteiger partial charge in [0.05, 0.1) is 25.3 Å². The predicted molar refractivity (Wildman–Crippen MR) is 133 cm³/mol. The number of carbonyl (C=O) groups is 2. The second kappa shape index (κ2) is 12.4. The summed E-state index contributed by atoms with van der Waals surface area (Å²) in [5, 5.41) is 19.6. The lowest BCUT2D eigenvalue weighted by atomic mass is 9.83. The van der Waals surface area contributed by atoms with E-state index < -0.39 is 11.9 Å². The molecule has 9 heteroatoms. The number of aliphatic hydroxyl groups is 1. The largest absolute Gasteiger partial charge is 0.493 e. The molecular formula is C27H37N3O6. The maximum absolute atomic E-state index is 13.4. The van der Waals surface area contributed by atoms with Gasteiger partial charge in [-0.2, -0.15) is 0 Å². The third kappa shape index (κ3) is 6.07. The van der Waals surface area contributed by atoms with E-state index in [0.29, 0.717) is 51.4 Å². The highest BCUT2D eigenvalue weighted by molar-refractivity contribution is 5.79. The summed E-state index contributed by atoms with van der Waals surface area (Å²) in [6, 6.07) is 5.65. The number of hydrogen-bond acceptors (Lipinski definition) is 7.